The average molecular weight is 384 g/mol. The molecule has 1 aromatic heterocycles. The summed E-state index contributed by atoms with van der Waals surface area (Å²) in [6.07, 6.45) is 3.64. The molecule has 1 aromatic rings. The van der Waals surface area contributed by atoms with Gasteiger partial charge in [0, 0.05) is 38.3 Å². The van der Waals surface area contributed by atoms with Gasteiger partial charge in [-0.2, -0.15) is 5.10 Å². The predicted molar refractivity (Wildman–Crippen MR) is 102 cm³/mol. The van der Waals surface area contributed by atoms with E-state index in [4.69, 9.17) is 5.73 Å². The van der Waals surface area contributed by atoms with Crippen LogP contribution in [0.3, 0.4) is 0 Å². The summed E-state index contributed by atoms with van der Waals surface area (Å²) in [4.78, 5) is 25.7. The van der Waals surface area contributed by atoms with Crippen LogP contribution >= 0.6 is 12.4 Å². The lowest BCUT2D eigenvalue weighted by Gasteiger charge is -2.19. The summed E-state index contributed by atoms with van der Waals surface area (Å²) in [6, 6.07) is 0.135. The maximum absolute atomic E-state index is 12.5. The third-order valence-corrected chi connectivity index (χ3v) is 5.66. The van der Waals surface area contributed by atoms with Crippen molar-refractivity contribution in [3.8, 4) is 0 Å². The van der Waals surface area contributed by atoms with E-state index in [1.54, 1.807) is 0 Å². The smallest absolute Gasteiger partial charge is 0.231 e. The molecular formula is C18H30ClN5O2. The Morgan fingerprint density at radius 2 is 1.96 bits per heavy atom. The number of hydrogen-bond acceptors (Lipinski definition) is 4. The maximum atomic E-state index is 12.5. The molecule has 2 fully saturated rings. The van der Waals surface area contributed by atoms with Crippen LogP contribution in [0.4, 0.5) is 0 Å². The minimum Gasteiger partial charge on any atom is -0.369 e. The second kappa shape index (κ2) is 8.39. The number of aromatic nitrogens is 2. The second-order valence-corrected chi connectivity index (χ2v) is 7.61. The number of carbonyl (C=O) groups excluding carboxylic acids is 2. The monoisotopic (exact) mass is 383 g/mol. The Kier molecular flexibility index (Phi) is 6.69. The van der Waals surface area contributed by atoms with Crippen molar-refractivity contribution < 1.29 is 9.59 Å². The zero-order valence-electron chi connectivity index (χ0n) is 15.8. The molecule has 3 N–H and O–H groups in total. The average Bonchev–Trinajstić information content (AvgIpc) is 3.24. The zero-order chi connectivity index (χ0) is 18.1. The number of amides is 2. The van der Waals surface area contributed by atoms with Gasteiger partial charge in [-0.25, -0.2) is 0 Å². The number of nitrogens with one attached hydrogen (secondary N) is 1. The number of likely N-dealkylation sites (tertiary alicyclic amines) is 1. The SMILES string of the molecule is Cc1nn(C)c(C)c1CCC(=O)N[C@H]1CN(CC(N)=O)C[C@@H]1C1CC1.Cl. The van der Waals surface area contributed by atoms with Gasteiger partial charge in [0.05, 0.1) is 12.2 Å². The van der Waals surface area contributed by atoms with E-state index in [0.29, 0.717) is 24.7 Å². The molecule has 0 bridgehead atoms. The summed E-state index contributed by atoms with van der Waals surface area (Å²) in [5.74, 6) is 0.916. The van der Waals surface area contributed by atoms with Crippen LogP contribution < -0.4 is 11.1 Å². The van der Waals surface area contributed by atoms with Crippen LogP contribution in [0.5, 0.6) is 0 Å². The quantitative estimate of drug-likeness (QED) is 0.724. The molecule has 0 unspecified atom stereocenters. The van der Waals surface area contributed by atoms with E-state index in [0.717, 1.165) is 30.0 Å². The van der Waals surface area contributed by atoms with Crippen LogP contribution in [-0.2, 0) is 23.1 Å². The molecule has 1 aliphatic carbocycles. The van der Waals surface area contributed by atoms with E-state index >= 15 is 0 Å². The first-order valence-electron chi connectivity index (χ1n) is 9.14. The number of halogens is 1. The van der Waals surface area contributed by atoms with E-state index in [9.17, 15) is 9.59 Å². The van der Waals surface area contributed by atoms with Crippen molar-refractivity contribution in [3.63, 3.8) is 0 Å². The van der Waals surface area contributed by atoms with E-state index in [2.05, 4.69) is 15.3 Å². The van der Waals surface area contributed by atoms with Crippen LogP contribution in [0.15, 0.2) is 0 Å². The molecule has 2 amide bonds. The van der Waals surface area contributed by atoms with Crippen molar-refractivity contribution in [2.75, 3.05) is 19.6 Å². The topological polar surface area (TPSA) is 93.2 Å². The highest BCUT2D eigenvalue weighted by Gasteiger charge is 2.43. The first kappa shape index (κ1) is 20.7. The number of aryl methyl sites for hydroxylation is 2. The van der Waals surface area contributed by atoms with E-state index < -0.39 is 0 Å². The fourth-order valence-electron chi connectivity index (χ4n) is 4.11. The standard InChI is InChI=1S/C18H29N5O2.ClH/c1-11-14(12(2)22(3)21-11)6-7-18(25)20-16-9-23(10-17(19)24)8-15(16)13-4-5-13;/h13,15-16H,4-10H2,1-3H3,(H2,19,24)(H,20,25);1H/t15-,16+;/m1./s1. The molecule has 2 atom stereocenters. The van der Waals surface area contributed by atoms with Gasteiger partial charge in [0.15, 0.2) is 0 Å². The van der Waals surface area contributed by atoms with Gasteiger partial charge in [-0.05, 0) is 50.5 Å². The zero-order valence-corrected chi connectivity index (χ0v) is 16.6. The summed E-state index contributed by atoms with van der Waals surface area (Å²) in [7, 11) is 1.93. The molecule has 3 rings (SSSR count). The molecule has 146 valence electrons. The van der Waals surface area contributed by atoms with E-state index in [-0.39, 0.29) is 36.8 Å². The molecule has 0 radical (unpaired) electrons. The molecule has 2 aliphatic rings. The van der Waals surface area contributed by atoms with Crippen molar-refractivity contribution >= 4 is 24.2 Å². The van der Waals surface area contributed by atoms with Crippen molar-refractivity contribution in [1.82, 2.24) is 20.0 Å². The highest BCUT2D eigenvalue weighted by atomic mass is 35.5. The molecular weight excluding hydrogens is 354 g/mol. The largest absolute Gasteiger partial charge is 0.369 e. The molecule has 1 saturated carbocycles. The summed E-state index contributed by atoms with van der Waals surface area (Å²) in [5.41, 5.74) is 8.61. The normalized spacial score (nSPS) is 22.9. The summed E-state index contributed by atoms with van der Waals surface area (Å²) >= 11 is 0. The Morgan fingerprint density at radius 3 is 2.50 bits per heavy atom. The number of carbonyl (C=O) groups is 2. The van der Waals surface area contributed by atoms with Gasteiger partial charge < -0.3 is 11.1 Å². The minimum atomic E-state index is -0.302. The van der Waals surface area contributed by atoms with Gasteiger partial charge in [0.2, 0.25) is 11.8 Å². The molecule has 1 saturated heterocycles. The second-order valence-electron chi connectivity index (χ2n) is 7.61. The van der Waals surface area contributed by atoms with Crippen molar-refractivity contribution in [2.24, 2.45) is 24.6 Å². The van der Waals surface area contributed by atoms with Crippen LogP contribution in [0.1, 0.15) is 36.2 Å². The molecule has 0 aromatic carbocycles. The van der Waals surface area contributed by atoms with Gasteiger partial charge in [0.1, 0.15) is 0 Å². The maximum Gasteiger partial charge on any atom is 0.231 e. The Bertz CT molecular complexity index is 671. The van der Waals surface area contributed by atoms with Gasteiger partial charge in [0.25, 0.3) is 0 Å². The Balaban J connectivity index is 0.00000243. The molecule has 8 heteroatoms. The van der Waals surface area contributed by atoms with Crippen molar-refractivity contribution in [1.29, 1.82) is 0 Å². The number of nitrogens with two attached hydrogens (primary N) is 1. The Morgan fingerprint density at radius 1 is 1.27 bits per heavy atom. The molecule has 1 aliphatic heterocycles. The lowest BCUT2D eigenvalue weighted by atomic mass is 9.98. The minimum absolute atomic E-state index is 0. The molecule has 2 heterocycles. The Hall–Kier alpha value is -1.60. The number of primary amides is 1. The number of nitrogens with zero attached hydrogens (tertiary/aromatic N) is 3. The van der Waals surface area contributed by atoms with Crippen LogP contribution in [0.25, 0.3) is 0 Å². The van der Waals surface area contributed by atoms with Gasteiger partial charge in [-0.3, -0.25) is 19.2 Å². The van der Waals surface area contributed by atoms with E-state index in [1.807, 2.05) is 25.6 Å². The van der Waals surface area contributed by atoms with Gasteiger partial charge in [-0.15, -0.1) is 12.4 Å². The fraction of sp³-hybridized carbons (Fsp3) is 0.722. The summed E-state index contributed by atoms with van der Waals surface area (Å²) in [5, 5.41) is 7.62. The van der Waals surface area contributed by atoms with Crippen LogP contribution in [0.2, 0.25) is 0 Å². The van der Waals surface area contributed by atoms with Crippen LogP contribution in [-0.4, -0.2) is 52.2 Å². The molecule has 0 spiro atoms. The van der Waals surface area contributed by atoms with Crippen LogP contribution in [0, 0.1) is 25.7 Å². The van der Waals surface area contributed by atoms with Gasteiger partial charge in [-0.1, -0.05) is 0 Å². The van der Waals surface area contributed by atoms with E-state index in [1.165, 1.54) is 12.8 Å². The highest BCUT2D eigenvalue weighted by molar-refractivity contribution is 5.85. The first-order chi connectivity index (χ1) is 11.8. The lowest BCUT2D eigenvalue weighted by molar-refractivity contribution is -0.122. The predicted octanol–water partition coefficient (Wildman–Crippen LogP) is 0.703. The summed E-state index contributed by atoms with van der Waals surface area (Å²) < 4.78 is 1.87. The van der Waals surface area contributed by atoms with Gasteiger partial charge >= 0.3 is 0 Å². The molecule has 26 heavy (non-hydrogen) atoms. The highest BCUT2D eigenvalue weighted by Crippen LogP contribution is 2.41. The Labute approximate surface area is 161 Å². The van der Waals surface area contributed by atoms with Crippen molar-refractivity contribution in [2.45, 2.75) is 45.6 Å². The lowest BCUT2D eigenvalue weighted by Crippen LogP contribution is -2.41. The number of rotatable bonds is 7. The molecule has 7 nitrogen and oxygen atoms in total. The third-order valence-electron chi connectivity index (χ3n) is 5.66. The third kappa shape index (κ3) is 4.76. The number of hydrogen-bond donors (Lipinski definition) is 2. The fourth-order valence-corrected chi connectivity index (χ4v) is 4.11. The summed E-state index contributed by atoms with van der Waals surface area (Å²) in [6.45, 7) is 5.89. The van der Waals surface area contributed by atoms with Crippen molar-refractivity contribution in [3.05, 3.63) is 17.0 Å². The first-order valence-corrected chi connectivity index (χ1v) is 9.14.